The van der Waals surface area contributed by atoms with Gasteiger partial charge in [0.05, 0.1) is 56.1 Å². The first-order chi connectivity index (χ1) is 42.3. The van der Waals surface area contributed by atoms with E-state index in [2.05, 4.69) is 289 Å². The quantitative estimate of drug-likeness (QED) is 0.0278. The summed E-state index contributed by atoms with van der Waals surface area (Å²) in [6.45, 7) is 4.21. The lowest BCUT2D eigenvalue weighted by Crippen LogP contribution is -1.96. The van der Waals surface area contributed by atoms with E-state index in [1.807, 2.05) is 72.8 Å². The molecule has 0 atom stereocenters. The van der Waals surface area contributed by atoms with Crippen molar-refractivity contribution in [1.29, 1.82) is 0 Å². The molecule has 0 heterocycles. The first-order valence-electron chi connectivity index (χ1n) is 28.4. The van der Waals surface area contributed by atoms with E-state index in [0.29, 0.717) is 0 Å². The van der Waals surface area contributed by atoms with Crippen molar-refractivity contribution in [3.8, 4) is 22.3 Å². The molecule has 0 amide bonds. The van der Waals surface area contributed by atoms with Crippen LogP contribution >= 0.6 is 0 Å². The van der Waals surface area contributed by atoms with Gasteiger partial charge in [-0.3, -0.25) is 8.42 Å². The van der Waals surface area contributed by atoms with Gasteiger partial charge in [-0.25, -0.2) is 0 Å². The molecule has 0 spiro atoms. The number of nitrogens with one attached hydrogen (secondary N) is 6. The Morgan fingerprint density at radius 1 is 0.264 bits per heavy atom. The lowest BCUT2D eigenvalue weighted by Gasteiger charge is -2.12. The summed E-state index contributed by atoms with van der Waals surface area (Å²) < 4.78 is 34.1. The molecule has 0 unspecified atom stereocenters. The van der Waals surface area contributed by atoms with Crippen molar-refractivity contribution < 1.29 is 17.5 Å². The van der Waals surface area contributed by atoms with Gasteiger partial charge >= 0.3 is 0 Å². The zero-order chi connectivity index (χ0) is 60.2. The molecule has 87 heavy (non-hydrogen) atoms. The Hall–Kier alpha value is -11.0. The zero-order valence-electron chi connectivity index (χ0n) is 48.1. The third kappa shape index (κ3) is 18.5. The van der Waals surface area contributed by atoms with Crippen LogP contribution in [0, 0.1) is 26.7 Å². The van der Waals surface area contributed by atoms with E-state index in [1.54, 1.807) is 0 Å². The summed E-state index contributed by atoms with van der Waals surface area (Å²) in [4.78, 5) is 0. The van der Waals surface area contributed by atoms with Crippen LogP contribution in [0.2, 0.25) is 0 Å². The Labute approximate surface area is 510 Å². The molecule has 0 aliphatic rings. The van der Waals surface area contributed by atoms with Crippen LogP contribution in [0.25, 0.3) is 22.3 Å². The van der Waals surface area contributed by atoms with E-state index in [-0.39, 0.29) is 0 Å². The molecule has 10 nitrogen and oxygen atoms in total. The standard InChI is InChI=1S/2C38H32N3.H2O4S/c2*1-28-9-8-14-36(25-28)41-35-22-17-30(18-23-35)38-27-37(40-33-12-6-3-7-13-33)24-19-31(38)26-29-15-20-34(21-16-29)39-32-10-4-2-5-11-32;1-5(2,3)4/h2*2-27,39-41H,1H3;(H2,1,2,3,4)/q2*+1;/p-2. The van der Waals surface area contributed by atoms with E-state index in [4.69, 9.17) is 17.5 Å². The zero-order valence-corrected chi connectivity index (χ0v) is 48.9. The summed E-state index contributed by atoms with van der Waals surface area (Å²) in [6, 6.07) is 105. The molecule has 0 radical (unpaired) electrons. The number of hydrogen-bond acceptors (Lipinski definition) is 10. The highest BCUT2D eigenvalue weighted by atomic mass is 32.3. The minimum Gasteiger partial charge on any atom is -0.759 e. The molecule has 0 aromatic heterocycles. The van der Waals surface area contributed by atoms with Crippen LogP contribution in [0.3, 0.4) is 0 Å². The number of benzene rings is 12. The van der Waals surface area contributed by atoms with Gasteiger partial charge in [0.1, 0.15) is 0 Å². The first kappa shape index (κ1) is 59.2. The minimum absolute atomic E-state index is 1.05. The minimum atomic E-state index is -5.17. The summed E-state index contributed by atoms with van der Waals surface area (Å²) in [5.41, 5.74) is 24.5. The van der Waals surface area contributed by atoms with Gasteiger partial charge in [0.25, 0.3) is 0 Å². The number of hydrogen-bond donors (Lipinski definition) is 6. The molecule has 12 aromatic carbocycles. The number of anilines is 12. The lowest BCUT2D eigenvalue weighted by molar-refractivity contribution is 0.352. The molecule has 0 fully saturated rings. The van der Waals surface area contributed by atoms with Crippen molar-refractivity contribution in [2.24, 2.45) is 0 Å². The van der Waals surface area contributed by atoms with Crippen LogP contribution < -0.4 is 31.9 Å². The second kappa shape index (κ2) is 29.0. The molecule has 11 heteroatoms. The van der Waals surface area contributed by atoms with Crippen molar-refractivity contribution in [2.45, 2.75) is 13.8 Å². The van der Waals surface area contributed by atoms with Crippen LogP contribution in [-0.2, 0) is 10.4 Å². The highest BCUT2D eigenvalue weighted by Crippen LogP contribution is 2.35. The molecule has 6 N–H and O–H groups in total. The van der Waals surface area contributed by atoms with Gasteiger partial charge in [0.2, 0.25) is 0 Å². The highest BCUT2D eigenvalue weighted by molar-refractivity contribution is 7.79. The summed E-state index contributed by atoms with van der Waals surface area (Å²) in [7, 11) is -5.17. The summed E-state index contributed by atoms with van der Waals surface area (Å²) in [5, 5.41) is 21.1. The molecule has 0 saturated heterocycles. The van der Waals surface area contributed by atoms with E-state index in [0.717, 1.165) is 102 Å². The van der Waals surface area contributed by atoms with Crippen molar-refractivity contribution >= 4 is 78.6 Å². The Morgan fingerprint density at radius 2 is 0.494 bits per heavy atom. The van der Waals surface area contributed by atoms with Gasteiger partial charge in [-0.1, -0.05) is 97.1 Å². The van der Waals surface area contributed by atoms with Crippen molar-refractivity contribution in [2.75, 3.05) is 31.9 Å². The molecule has 12 aromatic rings. The predicted octanol–water partition coefficient (Wildman–Crippen LogP) is 19.6. The Morgan fingerprint density at radius 3 is 0.782 bits per heavy atom. The van der Waals surface area contributed by atoms with E-state index in [1.165, 1.54) is 22.3 Å². The molecule has 0 bridgehead atoms. The maximum Gasteiger partial charge on any atom is 0.0807 e. The third-order valence-electron chi connectivity index (χ3n) is 13.8. The fourth-order valence-corrected chi connectivity index (χ4v) is 9.70. The largest absolute Gasteiger partial charge is 0.759 e. The highest BCUT2D eigenvalue weighted by Gasteiger charge is 2.17. The van der Waals surface area contributed by atoms with Crippen LogP contribution in [0.4, 0.5) is 68.2 Å². The van der Waals surface area contributed by atoms with Gasteiger partial charge in [0, 0.05) is 128 Å². The Bertz CT molecular complexity index is 3960. The second-order valence-corrected chi connectivity index (χ2v) is 21.5. The van der Waals surface area contributed by atoms with Crippen LogP contribution in [0.5, 0.6) is 0 Å². The summed E-state index contributed by atoms with van der Waals surface area (Å²) in [6.07, 6.45) is 4.49. The van der Waals surface area contributed by atoms with Crippen molar-refractivity contribution in [1.82, 2.24) is 0 Å². The molecule has 0 aliphatic carbocycles. The van der Waals surface area contributed by atoms with Gasteiger partial charge in [-0.05, 0) is 183 Å². The molecule has 428 valence electrons. The van der Waals surface area contributed by atoms with Gasteiger partial charge in [-0.2, -0.15) is 0 Å². The average molecular weight is 1160 g/mol. The second-order valence-electron chi connectivity index (χ2n) is 20.7. The van der Waals surface area contributed by atoms with Crippen molar-refractivity contribution in [3.63, 3.8) is 0 Å². The van der Waals surface area contributed by atoms with Gasteiger partial charge in [-0.15, -0.1) is 0 Å². The number of aryl methyl sites for hydroxylation is 2. The Kier molecular flexibility index (Phi) is 19.8. The summed E-state index contributed by atoms with van der Waals surface area (Å²) >= 11 is 0. The maximum atomic E-state index is 8.52. The monoisotopic (exact) mass is 1160 g/mol. The molecule has 0 saturated carbocycles. The van der Waals surface area contributed by atoms with E-state index < -0.39 is 10.4 Å². The van der Waals surface area contributed by atoms with E-state index in [9.17, 15) is 0 Å². The number of rotatable bonds is 18. The van der Waals surface area contributed by atoms with E-state index >= 15 is 0 Å². The fraction of sp³-hybridized carbons (Fsp3) is 0.0263. The van der Waals surface area contributed by atoms with Crippen LogP contribution in [0.1, 0.15) is 33.4 Å². The Balaban J connectivity index is 0.000000179. The smallest absolute Gasteiger partial charge is 0.0807 e. The van der Waals surface area contributed by atoms with Crippen molar-refractivity contribution in [3.05, 3.63) is 350 Å². The van der Waals surface area contributed by atoms with Crippen LogP contribution in [-0.4, -0.2) is 17.5 Å². The third-order valence-corrected chi connectivity index (χ3v) is 13.8. The average Bonchev–Trinajstić information content (AvgIpc) is 2.99. The molecular weight excluding hydrogens is 1090 g/mol. The van der Waals surface area contributed by atoms with Gasteiger partial charge in [0.15, 0.2) is 0 Å². The maximum absolute atomic E-state index is 8.52. The molecule has 0 aliphatic heterocycles. The molecular formula is C76H64N6O4S. The SMILES string of the molecule is Cc1cccc(Nc2ccc(-c3cc(Nc4ccccc4)ccc3[CH+]c3ccc(Nc4ccccc4)cc3)cc2)c1.Cc1cccc(Nc2ccc(-c3cc(Nc4ccccc4)ccc3[CH+]c3ccc(Nc4ccccc4)cc3)cc2)c1.O=S(=O)([O-])[O-]. The normalized spacial score (nSPS) is 10.6. The summed E-state index contributed by atoms with van der Waals surface area (Å²) in [5.74, 6) is 0. The van der Waals surface area contributed by atoms with Gasteiger partial charge < -0.3 is 41.0 Å². The predicted molar refractivity (Wildman–Crippen MR) is 360 cm³/mol. The first-order valence-corrected chi connectivity index (χ1v) is 29.7. The lowest BCUT2D eigenvalue weighted by atomic mass is 9.94. The fourth-order valence-electron chi connectivity index (χ4n) is 9.70. The topological polar surface area (TPSA) is 152 Å². The number of para-hydroxylation sites is 4. The molecule has 12 rings (SSSR count). The van der Waals surface area contributed by atoms with Crippen LogP contribution in [0.15, 0.2) is 303 Å².